The molecule has 1 fully saturated rings. The van der Waals surface area contributed by atoms with Crippen LogP contribution in [0.4, 0.5) is 8.78 Å². The van der Waals surface area contributed by atoms with Crippen LogP contribution in [0.25, 0.3) is 0 Å². The molecule has 0 unspecified atom stereocenters. The molecule has 0 aliphatic carbocycles. The van der Waals surface area contributed by atoms with Crippen LogP contribution in [0, 0.1) is 23.0 Å². The summed E-state index contributed by atoms with van der Waals surface area (Å²) >= 11 is 0. The van der Waals surface area contributed by atoms with Gasteiger partial charge in [-0.2, -0.15) is 5.26 Å². The average Bonchev–Trinajstić information content (AvgIpc) is 2.46. The van der Waals surface area contributed by atoms with E-state index in [1.807, 2.05) is 4.90 Å². The summed E-state index contributed by atoms with van der Waals surface area (Å²) in [6.45, 7) is 1.71. The highest BCUT2D eigenvalue weighted by molar-refractivity contribution is 5.85. The molecule has 0 aromatic heterocycles. The zero-order chi connectivity index (χ0) is 15.5. The molecule has 7 heteroatoms. The summed E-state index contributed by atoms with van der Waals surface area (Å²) in [5.41, 5.74) is 4.43. The number of halogens is 3. The molecule has 2 rings (SSSR count). The normalized spacial score (nSPS) is 17.3. The average molecular weight is 330 g/mol. The summed E-state index contributed by atoms with van der Waals surface area (Å²) in [6.07, 6.45) is 1.17. The number of hydrogen-bond donors (Lipinski definition) is 1. The van der Waals surface area contributed by atoms with Crippen LogP contribution in [0.5, 0.6) is 0 Å². The molecule has 0 bridgehead atoms. The summed E-state index contributed by atoms with van der Waals surface area (Å²) in [5.74, 6) is -1.69. The number of benzene rings is 1. The summed E-state index contributed by atoms with van der Waals surface area (Å²) < 4.78 is 27.0. The van der Waals surface area contributed by atoms with Gasteiger partial charge in [0.1, 0.15) is 11.6 Å². The number of nitrogens with two attached hydrogens (primary N) is 1. The van der Waals surface area contributed by atoms with E-state index >= 15 is 0 Å². The fraction of sp³-hybridized carbons (Fsp3) is 0.467. The number of likely N-dealkylation sites (tertiary alicyclic amines) is 1. The molecule has 0 radical (unpaired) electrons. The van der Waals surface area contributed by atoms with E-state index in [4.69, 9.17) is 5.73 Å². The van der Waals surface area contributed by atoms with Crippen LogP contribution in [-0.2, 0) is 10.2 Å². The smallest absolute Gasteiger partial charge is 0.218 e. The van der Waals surface area contributed by atoms with Crippen LogP contribution in [0.1, 0.15) is 24.8 Å². The van der Waals surface area contributed by atoms with Gasteiger partial charge >= 0.3 is 0 Å². The fourth-order valence-corrected chi connectivity index (χ4v) is 2.75. The Labute approximate surface area is 134 Å². The summed E-state index contributed by atoms with van der Waals surface area (Å²) in [5, 5.41) is 9.49. The van der Waals surface area contributed by atoms with Gasteiger partial charge < -0.3 is 10.6 Å². The van der Waals surface area contributed by atoms with Crippen molar-refractivity contribution in [3.05, 3.63) is 35.4 Å². The minimum Gasteiger partial charge on any atom is -0.370 e. The molecule has 0 saturated carbocycles. The van der Waals surface area contributed by atoms with Gasteiger partial charge in [0.2, 0.25) is 5.91 Å². The molecule has 1 aromatic rings. The van der Waals surface area contributed by atoms with Crippen molar-refractivity contribution < 1.29 is 13.6 Å². The molecular weight excluding hydrogens is 312 g/mol. The second-order valence-corrected chi connectivity index (χ2v) is 5.38. The Morgan fingerprint density at radius 3 is 2.50 bits per heavy atom. The van der Waals surface area contributed by atoms with Crippen LogP contribution in [0.15, 0.2) is 18.2 Å². The molecule has 120 valence electrons. The predicted octanol–water partition coefficient (Wildman–Crippen LogP) is 2.12. The summed E-state index contributed by atoms with van der Waals surface area (Å²) in [4.78, 5) is 12.8. The molecule has 1 aliphatic rings. The van der Waals surface area contributed by atoms with Crippen LogP contribution >= 0.6 is 12.4 Å². The maximum Gasteiger partial charge on any atom is 0.218 e. The largest absolute Gasteiger partial charge is 0.370 e. The number of carbonyl (C=O) groups excluding carboxylic acids is 1. The molecular formula is C15H18ClF2N3O. The molecule has 0 atom stereocenters. The van der Waals surface area contributed by atoms with E-state index in [1.165, 1.54) is 12.1 Å². The molecule has 2 N–H and O–H groups in total. The first-order valence-electron chi connectivity index (χ1n) is 6.84. The SMILES string of the molecule is Cl.N#CC1(c2ccc(F)cc2F)CCN(CCC(N)=O)CC1. The highest BCUT2D eigenvalue weighted by Gasteiger charge is 2.38. The molecule has 22 heavy (non-hydrogen) atoms. The number of nitriles is 1. The highest BCUT2D eigenvalue weighted by atomic mass is 35.5. The maximum absolute atomic E-state index is 14.0. The van der Waals surface area contributed by atoms with Crippen LogP contribution in [0.3, 0.4) is 0 Å². The number of nitrogens with zero attached hydrogens (tertiary/aromatic N) is 2. The maximum atomic E-state index is 14.0. The van der Waals surface area contributed by atoms with Gasteiger partial charge in [0.15, 0.2) is 0 Å². The summed E-state index contributed by atoms with van der Waals surface area (Å²) in [7, 11) is 0. The number of piperidine rings is 1. The van der Waals surface area contributed by atoms with Gasteiger partial charge in [0, 0.05) is 24.6 Å². The van der Waals surface area contributed by atoms with Crippen molar-refractivity contribution in [1.82, 2.24) is 4.90 Å². The van der Waals surface area contributed by atoms with Crippen molar-refractivity contribution in [2.24, 2.45) is 5.73 Å². The van der Waals surface area contributed by atoms with Crippen molar-refractivity contribution >= 4 is 18.3 Å². The van der Waals surface area contributed by atoms with E-state index in [-0.39, 0.29) is 30.3 Å². The van der Waals surface area contributed by atoms with Gasteiger partial charge in [-0.15, -0.1) is 12.4 Å². The molecule has 0 spiro atoms. The fourth-order valence-electron chi connectivity index (χ4n) is 2.75. The first kappa shape index (κ1) is 18.3. The Balaban J connectivity index is 0.00000242. The third-order valence-electron chi connectivity index (χ3n) is 4.04. The lowest BCUT2D eigenvalue weighted by molar-refractivity contribution is -0.118. The van der Waals surface area contributed by atoms with Gasteiger partial charge in [-0.05, 0) is 32.0 Å². The standard InChI is InChI=1S/C15H17F2N3O.ClH/c16-11-1-2-12(13(17)9-11)15(10-18)4-7-20(8-5-15)6-3-14(19)21;/h1-2,9H,3-8H2,(H2,19,21);1H. The van der Waals surface area contributed by atoms with E-state index in [0.717, 1.165) is 6.07 Å². The molecule has 1 aromatic carbocycles. The van der Waals surface area contributed by atoms with Crippen LogP contribution < -0.4 is 5.73 Å². The molecule has 1 heterocycles. The Morgan fingerprint density at radius 2 is 2.00 bits per heavy atom. The number of carbonyl (C=O) groups is 1. The van der Waals surface area contributed by atoms with Gasteiger partial charge in [0.25, 0.3) is 0 Å². The van der Waals surface area contributed by atoms with Crippen molar-refractivity contribution in [3.8, 4) is 6.07 Å². The third kappa shape index (κ3) is 3.93. The van der Waals surface area contributed by atoms with Crippen LogP contribution in [-0.4, -0.2) is 30.4 Å². The van der Waals surface area contributed by atoms with E-state index in [0.29, 0.717) is 32.5 Å². The summed E-state index contributed by atoms with van der Waals surface area (Å²) in [6, 6.07) is 5.54. The number of amides is 1. The van der Waals surface area contributed by atoms with Crippen molar-refractivity contribution in [2.45, 2.75) is 24.7 Å². The van der Waals surface area contributed by atoms with Gasteiger partial charge in [0.05, 0.1) is 11.5 Å². The Hall–Kier alpha value is -1.71. The minimum atomic E-state index is -0.930. The Bertz CT molecular complexity index is 581. The van der Waals surface area contributed by atoms with Crippen LogP contribution in [0.2, 0.25) is 0 Å². The first-order chi connectivity index (χ1) is 9.97. The molecule has 1 aliphatic heterocycles. The van der Waals surface area contributed by atoms with Crippen molar-refractivity contribution in [2.75, 3.05) is 19.6 Å². The lowest BCUT2D eigenvalue weighted by Crippen LogP contribution is -2.43. The zero-order valence-corrected chi connectivity index (χ0v) is 12.8. The molecule has 4 nitrogen and oxygen atoms in total. The van der Waals surface area contributed by atoms with E-state index in [1.54, 1.807) is 0 Å². The van der Waals surface area contributed by atoms with E-state index in [2.05, 4.69) is 6.07 Å². The highest BCUT2D eigenvalue weighted by Crippen LogP contribution is 2.36. The Kier molecular flexibility index (Phi) is 6.27. The zero-order valence-electron chi connectivity index (χ0n) is 12.0. The number of rotatable bonds is 4. The second-order valence-electron chi connectivity index (χ2n) is 5.38. The van der Waals surface area contributed by atoms with Crippen molar-refractivity contribution in [3.63, 3.8) is 0 Å². The van der Waals surface area contributed by atoms with Gasteiger partial charge in [-0.3, -0.25) is 4.79 Å². The van der Waals surface area contributed by atoms with E-state index in [9.17, 15) is 18.8 Å². The third-order valence-corrected chi connectivity index (χ3v) is 4.04. The molecule has 1 saturated heterocycles. The topological polar surface area (TPSA) is 70.1 Å². The first-order valence-corrected chi connectivity index (χ1v) is 6.84. The minimum absolute atomic E-state index is 0. The number of primary amides is 1. The monoisotopic (exact) mass is 329 g/mol. The molecule has 1 amide bonds. The lowest BCUT2D eigenvalue weighted by atomic mass is 9.73. The Morgan fingerprint density at radius 1 is 1.36 bits per heavy atom. The van der Waals surface area contributed by atoms with Gasteiger partial charge in [-0.25, -0.2) is 8.78 Å². The lowest BCUT2D eigenvalue weighted by Gasteiger charge is -2.37. The van der Waals surface area contributed by atoms with Crippen molar-refractivity contribution in [1.29, 1.82) is 5.26 Å². The number of hydrogen-bond acceptors (Lipinski definition) is 3. The van der Waals surface area contributed by atoms with E-state index < -0.39 is 17.0 Å². The quantitative estimate of drug-likeness (QED) is 0.919. The second kappa shape index (κ2) is 7.52. The predicted molar refractivity (Wildman–Crippen MR) is 80.4 cm³/mol. The van der Waals surface area contributed by atoms with Gasteiger partial charge in [-0.1, -0.05) is 6.07 Å².